The lowest BCUT2D eigenvalue weighted by Gasteiger charge is -2.36. The molecule has 3 heteroatoms. The maximum atomic E-state index is 12.0. The molecule has 1 aliphatic heterocycles. The monoisotopic (exact) mass is 285 g/mol. The molecule has 0 saturated carbocycles. The van der Waals surface area contributed by atoms with Crippen LogP contribution in [-0.4, -0.2) is 30.7 Å². The molecule has 3 nitrogen and oxygen atoms in total. The Morgan fingerprint density at radius 3 is 3.00 bits per heavy atom. The number of carbonyl (C=O) groups excluding carboxylic acids is 1. The molecule has 1 heterocycles. The molecule has 0 aromatic heterocycles. The zero-order valence-corrected chi connectivity index (χ0v) is 12.8. The highest BCUT2D eigenvalue weighted by Crippen LogP contribution is 2.35. The maximum absolute atomic E-state index is 12.0. The van der Waals surface area contributed by atoms with Crippen molar-refractivity contribution in [1.29, 1.82) is 0 Å². The number of piperidine rings is 1. The molecular weight excluding hydrogens is 262 g/mol. The van der Waals surface area contributed by atoms with Crippen LogP contribution in [0.15, 0.2) is 30.3 Å². The standard InChI is InChI=1S/C18H23NO2/c1-3-21-18(20)19-9-8-14-10-13(2)17-7-5-4-6-15(17)11-16(14)12-19/h4-7,10,14,16H,3,8-9,11-12H2,1-2H3/t14-,16+/m1/s1. The zero-order valence-electron chi connectivity index (χ0n) is 12.8. The Morgan fingerprint density at radius 2 is 2.19 bits per heavy atom. The average Bonchev–Trinajstić information content (AvgIpc) is 2.63. The van der Waals surface area contributed by atoms with Crippen LogP contribution < -0.4 is 0 Å². The van der Waals surface area contributed by atoms with Gasteiger partial charge in [-0.1, -0.05) is 30.3 Å². The third-order valence-corrected chi connectivity index (χ3v) is 4.71. The number of rotatable bonds is 1. The van der Waals surface area contributed by atoms with E-state index in [1.807, 2.05) is 11.8 Å². The first-order valence-electron chi connectivity index (χ1n) is 7.87. The number of amides is 1. The molecule has 0 radical (unpaired) electrons. The molecule has 21 heavy (non-hydrogen) atoms. The van der Waals surface area contributed by atoms with E-state index in [1.165, 1.54) is 16.7 Å². The summed E-state index contributed by atoms with van der Waals surface area (Å²) in [4.78, 5) is 13.8. The summed E-state index contributed by atoms with van der Waals surface area (Å²) in [7, 11) is 0. The van der Waals surface area contributed by atoms with Crippen LogP contribution in [0.5, 0.6) is 0 Å². The molecule has 0 N–H and O–H groups in total. The van der Waals surface area contributed by atoms with Gasteiger partial charge in [-0.2, -0.15) is 0 Å². The summed E-state index contributed by atoms with van der Waals surface area (Å²) in [6, 6.07) is 8.65. The summed E-state index contributed by atoms with van der Waals surface area (Å²) < 4.78 is 5.15. The second-order valence-electron chi connectivity index (χ2n) is 6.07. The lowest BCUT2D eigenvalue weighted by atomic mass is 9.82. The van der Waals surface area contributed by atoms with Gasteiger partial charge in [0.05, 0.1) is 6.61 Å². The van der Waals surface area contributed by atoms with E-state index >= 15 is 0 Å². The predicted octanol–water partition coefficient (Wildman–Crippen LogP) is 3.74. The molecule has 2 atom stereocenters. The second-order valence-corrected chi connectivity index (χ2v) is 6.07. The maximum Gasteiger partial charge on any atom is 0.409 e. The molecule has 0 unspecified atom stereocenters. The number of fused-ring (bicyclic) bond motifs is 2. The van der Waals surface area contributed by atoms with Crippen molar-refractivity contribution in [1.82, 2.24) is 4.90 Å². The fraction of sp³-hybridized carbons (Fsp3) is 0.500. The van der Waals surface area contributed by atoms with Gasteiger partial charge >= 0.3 is 6.09 Å². The van der Waals surface area contributed by atoms with Crippen LogP contribution in [0.2, 0.25) is 0 Å². The summed E-state index contributed by atoms with van der Waals surface area (Å²) in [5.74, 6) is 1.07. The molecule has 1 amide bonds. The Labute approximate surface area is 126 Å². The van der Waals surface area contributed by atoms with E-state index in [9.17, 15) is 4.79 Å². The summed E-state index contributed by atoms with van der Waals surface area (Å²) >= 11 is 0. The van der Waals surface area contributed by atoms with Crippen LogP contribution in [0.25, 0.3) is 5.57 Å². The van der Waals surface area contributed by atoms with Crippen molar-refractivity contribution in [3.05, 3.63) is 41.5 Å². The van der Waals surface area contributed by atoms with Crippen molar-refractivity contribution in [2.45, 2.75) is 26.7 Å². The molecule has 1 aromatic carbocycles. The number of hydrogen-bond acceptors (Lipinski definition) is 2. The van der Waals surface area contributed by atoms with Gasteiger partial charge in [0.2, 0.25) is 0 Å². The van der Waals surface area contributed by atoms with Crippen LogP contribution in [0.3, 0.4) is 0 Å². The lowest BCUT2D eigenvalue weighted by Crippen LogP contribution is -2.44. The minimum absolute atomic E-state index is 0.158. The fourth-order valence-corrected chi connectivity index (χ4v) is 3.64. The first kappa shape index (κ1) is 14.2. The van der Waals surface area contributed by atoms with Gasteiger partial charge in [-0.3, -0.25) is 0 Å². The number of benzene rings is 1. The number of hydrogen-bond donors (Lipinski definition) is 0. The molecule has 1 saturated heterocycles. The minimum Gasteiger partial charge on any atom is -0.450 e. The van der Waals surface area contributed by atoms with Crippen molar-refractivity contribution in [2.75, 3.05) is 19.7 Å². The van der Waals surface area contributed by atoms with Gasteiger partial charge in [-0.25, -0.2) is 4.79 Å². The van der Waals surface area contributed by atoms with E-state index in [0.29, 0.717) is 18.4 Å². The van der Waals surface area contributed by atoms with Crippen molar-refractivity contribution in [2.24, 2.45) is 11.8 Å². The van der Waals surface area contributed by atoms with Gasteiger partial charge in [0.25, 0.3) is 0 Å². The topological polar surface area (TPSA) is 29.5 Å². The fourth-order valence-electron chi connectivity index (χ4n) is 3.64. The average molecular weight is 285 g/mol. The minimum atomic E-state index is -0.158. The molecule has 112 valence electrons. The molecule has 1 aliphatic carbocycles. The summed E-state index contributed by atoms with van der Waals surface area (Å²) in [6.45, 7) is 6.13. The number of ether oxygens (including phenoxy) is 1. The first-order valence-corrected chi connectivity index (χ1v) is 7.87. The molecule has 1 fully saturated rings. The van der Waals surface area contributed by atoms with Gasteiger partial charge in [0.1, 0.15) is 0 Å². The smallest absolute Gasteiger partial charge is 0.409 e. The Balaban J connectivity index is 1.82. The van der Waals surface area contributed by atoms with E-state index < -0.39 is 0 Å². The van der Waals surface area contributed by atoms with Gasteiger partial charge in [-0.15, -0.1) is 0 Å². The molecular formula is C18H23NO2. The Morgan fingerprint density at radius 1 is 1.38 bits per heavy atom. The van der Waals surface area contributed by atoms with Gasteiger partial charge in [0.15, 0.2) is 0 Å². The van der Waals surface area contributed by atoms with Gasteiger partial charge < -0.3 is 9.64 Å². The van der Waals surface area contributed by atoms with E-state index in [-0.39, 0.29) is 6.09 Å². The Kier molecular flexibility index (Phi) is 4.00. The predicted molar refractivity (Wildman–Crippen MR) is 84.0 cm³/mol. The van der Waals surface area contributed by atoms with Crippen LogP contribution in [0.4, 0.5) is 4.79 Å². The summed E-state index contributed by atoms with van der Waals surface area (Å²) in [5.41, 5.74) is 4.15. The van der Waals surface area contributed by atoms with Crippen molar-refractivity contribution < 1.29 is 9.53 Å². The Hall–Kier alpha value is -1.77. The number of allylic oxidation sites excluding steroid dienone is 2. The van der Waals surface area contributed by atoms with Crippen LogP contribution >= 0.6 is 0 Å². The van der Waals surface area contributed by atoms with E-state index in [2.05, 4.69) is 37.3 Å². The van der Waals surface area contributed by atoms with Crippen LogP contribution in [0.1, 0.15) is 31.4 Å². The SMILES string of the molecule is CCOC(=O)N1CC[C@@H]2C=C(C)c3ccccc3C[C@H]2C1. The van der Waals surface area contributed by atoms with Crippen LogP contribution in [0, 0.1) is 11.8 Å². The first-order chi connectivity index (χ1) is 10.2. The van der Waals surface area contributed by atoms with Crippen molar-refractivity contribution in [3.8, 4) is 0 Å². The van der Waals surface area contributed by atoms with Crippen LogP contribution in [-0.2, 0) is 11.2 Å². The largest absolute Gasteiger partial charge is 0.450 e. The third kappa shape index (κ3) is 2.82. The van der Waals surface area contributed by atoms with E-state index in [1.54, 1.807) is 0 Å². The van der Waals surface area contributed by atoms with Crippen molar-refractivity contribution >= 4 is 11.7 Å². The zero-order chi connectivity index (χ0) is 14.8. The molecule has 0 spiro atoms. The highest BCUT2D eigenvalue weighted by atomic mass is 16.6. The summed E-state index contributed by atoms with van der Waals surface area (Å²) in [6.07, 6.45) is 4.34. The Bertz CT molecular complexity index is 564. The summed E-state index contributed by atoms with van der Waals surface area (Å²) in [5, 5.41) is 0. The normalized spacial score (nSPS) is 24.5. The molecule has 0 bridgehead atoms. The second kappa shape index (κ2) is 5.92. The van der Waals surface area contributed by atoms with E-state index in [4.69, 9.17) is 4.74 Å². The quantitative estimate of drug-likeness (QED) is 0.786. The number of nitrogens with zero attached hydrogens (tertiary/aromatic N) is 1. The van der Waals surface area contributed by atoms with Crippen molar-refractivity contribution in [3.63, 3.8) is 0 Å². The third-order valence-electron chi connectivity index (χ3n) is 4.71. The molecule has 3 rings (SSSR count). The number of carbonyl (C=O) groups is 1. The highest BCUT2D eigenvalue weighted by molar-refractivity contribution is 5.69. The highest BCUT2D eigenvalue weighted by Gasteiger charge is 2.33. The van der Waals surface area contributed by atoms with E-state index in [0.717, 1.165) is 25.9 Å². The molecule has 1 aromatic rings. The molecule has 2 aliphatic rings. The van der Waals surface area contributed by atoms with Gasteiger partial charge in [0, 0.05) is 13.1 Å². The lowest BCUT2D eigenvalue weighted by molar-refractivity contribution is 0.0794. The number of likely N-dealkylation sites (tertiary alicyclic amines) is 1. The van der Waals surface area contributed by atoms with Gasteiger partial charge in [-0.05, 0) is 55.2 Å².